The highest BCUT2D eigenvalue weighted by atomic mass is 19.1. The second-order valence-corrected chi connectivity index (χ2v) is 6.11. The number of ether oxygens (including phenoxy) is 2. The van der Waals surface area contributed by atoms with Crippen molar-refractivity contribution in [1.29, 1.82) is 0 Å². The van der Waals surface area contributed by atoms with E-state index >= 15 is 0 Å². The molecule has 1 aromatic heterocycles. The number of methoxy groups -OCH3 is 1. The average molecular weight is 391 g/mol. The van der Waals surface area contributed by atoms with Crippen LogP contribution < -0.4 is 15.4 Å². The van der Waals surface area contributed by atoms with Crippen LogP contribution in [0, 0.1) is 12.7 Å². The first-order valence-electron chi connectivity index (χ1n) is 9.05. The number of guanidine groups is 1. The van der Waals surface area contributed by atoms with E-state index < -0.39 is 11.8 Å². The third kappa shape index (κ3) is 6.00. The van der Waals surface area contributed by atoms with Gasteiger partial charge in [-0.15, -0.1) is 0 Å². The monoisotopic (exact) mass is 391 g/mol. The largest absolute Gasteiger partial charge is 0.486 e. The minimum Gasteiger partial charge on any atom is -0.486 e. The van der Waals surface area contributed by atoms with E-state index in [9.17, 15) is 9.18 Å². The van der Waals surface area contributed by atoms with Crippen LogP contribution in [0.25, 0.3) is 0 Å². The van der Waals surface area contributed by atoms with Crippen molar-refractivity contribution in [2.45, 2.75) is 33.4 Å². The lowest BCUT2D eigenvalue weighted by Gasteiger charge is -2.17. The second-order valence-electron chi connectivity index (χ2n) is 6.11. The highest BCUT2D eigenvalue weighted by Crippen LogP contribution is 2.17. The van der Waals surface area contributed by atoms with Gasteiger partial charge in [-0.2, -0.15) is 0 Å². The highest BCUT2D eigenvalue weighted by molar-refractivity contribution is 5.90. The molecule has 28 heavy (non-hydrogen) atoms. The topological polar surface area (TPSA) is 85.1 Å². The summed E-state index contributed by atoms with van der Waals surface area (Å²) in [6.45, 7) is 6.81. The Hall–Kier alpha value is -3.03. The predicted molar refractivity (Wildman–Crippen MR) is 104 cm³/mol. The molecule has 0 aliphatic heterocycles. The summed E-state index contributed by atoms with van der Waals surface area (Å²) in [4.78, 5) is 16.1. The van der Waals surface area contributed by atoms with Gasteiger partial charge in [0.05, 0.1) is 13.7 Å². The van der Waals surface area contributed by atoms with Crippen LogP contribution in [-0.2, 0) is 11.3 Å². The molecule has 0 bridgehead atoms. The Morgan fingerprint density at radius 1 is 1.32 bits per heavy atom. The highest BCUT2D eigenvalue weighted by Gasteiger charge is 2.15. The lowest BCUT2D eigenvalue weighted by Crippen LogP contribution is -2.41. The second kappa shape index (κ2) is 10.3. The van der Waals surface area contributed by atoms with Crippen molar-refractivity contribution in [3.05, 3.63) is 53.2 Å². The molecule has 0 amide bonds. The maximum absolute atomic E-state index is 13.7. The molecule has 8 heteroatoms. The molecular formula is C20H26FN3O4. The zero-order valence-corrected chi connectivity index (χ0v) is 16.5. The van der Waals surface area contributed by atoms with Gasteiger partial charge in [0.2, 0.25) is 0 Å². The van der Waals surface area contributed by atoms with Gasteiger partial charge in [-0.25, -0.2) is 14.2 Å². The van der Waals surface area contributed by atoms with Gasteiger partial charge in [0.25, 0.3) is 0 Å². The summed E-state index contributed by atoms with van der Waals surface area (Å²) in [5.41, 5.74) is 0.387. The van der Waals surface area contributed by atoms with Gasteiger partial charge < -0.3 is 24.5 Å². The zero-order chi connectivity index (χ0) is 20.5. The molecule has 2 N–H and O–H groups in total. The third-order valence-electron chi connectivity index (χ3n) is 3.83. The number of carbonyl (C=O) groups is 1. The van der Waals surface area contributed by atoms with Crippen molar-refractivity contribution < 1.29 is 23.1 Å². The third-order valence-corrected chi connectivity index (χ3v) is 3.83. The predicted octanol–water partition coefficient (Wildman–Crippen LogP) is 3.04. The summed E-state index contributed by atoms with van der Waals surface area (Å²) in [5.74, 6) is 0.957. The van der Waals surface area contributed by atoms with Crippen molar-refractivity contribution in [3.8, 4) is 5.75 Å². The molecule has 0 aliphatic carbocycles. The molecule has 1 aromatic carbocycles. The summed E-state index contributed by atoms with van der Waals surface area (Å²) in [7, 11) is 1.32. The Labute approximate surface area is 163 Å². The Morgan fingerprint density at radius 3 is 2.75 bits per heavy atom. The van der Waals surface area contributed by atoms with Crippen molar-refractivity contribution in [2.24, 2.45) is 4.99 Å². The first kappa shape index (κ1) is 21.3. The maximum atomic E-state index is 13.7. The van der Waals surface area contributed by atoms with Crippen molar-refractivity contribution in [1.82, 2.24) is 10.6 Å². The molecule has 2 aromatic rings. The van der Waals surface area contributed by atoms with E-state index in [-0.39, 0.29) is 18.4 Å². The number of aryl methyl sites for hydroxylation is 1. The summed E-state index contributed by atoms with van der Waals surface area (Å²) in [6, 6.07) is 7.90. The van der Waals surface area contributed by atoms with E-state index in [0.29, 0.717) is 36.1 Å². The van der Waals surface area contributed by atoms with E-state index in [4.69, 9.17) is 13.9 Å². The molecule has 0 spiro atoms. The summed E-state index contributed by atoms with van der Waals surface area (Å²) < 4.78 is 29.5. The number of hydrogen-bond acceptors (Lipinski definition) is 5. The molecule has 2 rings (SSSR count). The van der Waals surface area contributed by atoms with E-state index in [1.165, 1.54) is 13.2 Å². The van der Waals surface area contributed by atoms with Crippen LogP contribution in [0.3, 0.4) is 0 Å². The van der Waals surface area contributed by atoms with E-state index in [0.717, 1.165) is 0 Å². The number of furan rings is 1. The van der Waals surface area contributed by atoms with Gasteiger partial charge in [0, 0.05) is 6.54 Å². The lowest BCUT2D eigenvalue weighted by molar-refractivity contribution is 0.0599. The molecule has 1 atom stereocenters. The molecule has 0 aliphatic rings. The molecule has 1 unspecified atom stereocenters. The lowest BCUT2D eigenvalue weighted by atomic mass is 10.2. The van der Waals surface area contributed by atoms with Crippen molar-refractivity contribution in [3.63, 3.8) is 0 Å². The number of nitrogens with zero attached hydrogens (tertiary/aromatic N) is 1. The molecule has 1 heterocycles. The summed E-state index contributed by atoms with van der Waals surface area (Å²) in [5, 5.41) is 6.26. The van der Waals surface area contributed by atoms with Crippen molar-refractivity contribution >= 4 is 11.9 Å². The van der Waals surface area contributed by atoms with Gasteiger partial charge in [0.1, 0.15) is 29.7 Å². The molecule has 7 nitrogen and oxygen atoms in total. The number of aliphatic imine (C=N–C) groups is 1. The fraction of sp³-hybridized carbons (Fsp3) is 0.400. The number of rotatable bonds is 8. The Morgan fingerprint density at radius 2 is 2.07 bits per heavy atom. The molecular weight excluding hydrogens is 365 g/mol. The number of carbonyl (C=O) groups excluding carboxylic acids is 1. The zero-order valence-electron chi connectivity index (χ0n) is 16.5. The van der Waals surface area contributed by atoms with Crippen LogP contribution in [-0.4, -0.2) is 38.2 Å². The number of esters is 1. The van der Waals surface area contributed by atoms with Crippen LogP contribution >= 0.6 is 0 Å². The van der Waals surface area contributed by atoms with Gasteiger partial charge in [0.15, 0.2) is 17.5 Å². The van der Waals surface area contributed by atoms with Gasteiger partial charge in [-0.05, 0) is 39.0 Å². The Balaban J connectivity index is 1.95. The van der Waals surface area contributed by atoms with Crippen molar-refractivity contribution in [2.75, 3.05) is 20.2 Å². The van der Waals surface area contributed by atoms with Crippen LogP contribution in [0.2, 0.25) is 0 Å². The quantitative estimate of drug-likeness (QED) is 0.409. The number of para-hydroxylation sites is 1. The SMILES string of the molecule is CCNC(=NCc1cc(C(=O)OC)c(C)o1)NCC(C)Oc1ccccc1F. The number of hydrogen-bond donors (Lipinski definition) is 2. The fourth-order valence-corrected chi connectivity index (χ4v) is 2.47. The smallest absolute Gasteiger partial charge is 0.341 e. The molecule has 0 saturated carbocycles. The first-order valence-corrected chi connectivity index (χ1v) is 9.05. The minimum atomic E-state index is -0.444. The number of halogens is 1. The average Bonchev–Trinajstić information content (AvgIpc) is 3.06. The van der Waals surface area contributed by atoms with E-state index in [1.807, 2.05) is 13.8 Å². The fourth-order valence-electron chi connectivity index (χ4n) is 2.47. The van der Waals surface area contributed by atoms with Crippen LogP contribution in [0.4, 0.5) is 4.39 Å². The summed E-state index contributed by atoms with van der Waals surface area (Å²) in [6.07, 6.45) is -0.280. The molecule has 0 radical (unpaired) electrons. The molecule has 0 saturated heterocycles. The number of nitrogens with one attached hydrogen (secondary N) is 2. The van der Waals surface area contributed by atoms with Gasteiger partial charge in [-0.1, -0.05) is 12.1 Å². The summed E-state index contributed by atoms with van der Waals surface area (Å²) >= 11 is 0. The number of benzene rings is 1. The standard InChI is InChI=1S/C20H26FN3O4/c1-5-22-20(23-11-13(2)27-18-9-7-6-8-17(18)21)24-12-15-10-16(14(3)28-15)19(25)26-4/h6-10,13H,5,11-12H2,1-4H3,(H2,22,23,24). The minimum absolute atomic E-state index is 0.208. The Kier molecular flexibility index (Phi) is 7.86. The Bertz CT molecular complexity index is 820. The maximum Gasteiger partial charge on any atom is 0.341 e. The first-order chi connectivity index (χ1) is 13.4. The van der Waals surface area contributed by atoms with E-state index in [1.54, 1.807) is 31.2 Å². The van der Waals surface area contributed by atoms with Gasteiger partial charge >= 0.3 is 5.97 Å². The van der Waals surface area contributed by atoms with E-state index in [2.05, 4.69) is 15.6 Å². The van der Waals surface area contributed by atoms with Crippen LogP contribution in [0.5, 0.6) is 5.75 Å². The molecule has 0 fully saturated rings. The molecule has 152 valence electrons. The van der Waals surface area contributed by atoms with Gasteiger partial charge in [-0.3, -0.25) is 0 Å². The van der Waals surface area contributed by atoms with Crippen LogP contribution in [0.15, 0.2) is 39.7 Å². The van der Waals surface area contributed by atoms with Crippen LogP contribution in [0.1, 0.15) is 35.7 Å². The normalized spacial score (nSPS) is 12.4.